The minimum atomic E-state index is -0.823. The third-order valence-corrected chi connectivity index (χ3v) is 17.5. The molecule has 0 fully saturated rings. The number of para-hydroxylation sites is 4. The lowest BCUT2D eigenvalue weighted by molar-refractivity contribution is 0.665. The topological polar surface area (TPSA) is 32.8 Å². The van der Waals surface area contributed by atoms with Crippen molar-refractivity contribution in [3.8, 4) is 11.1 Å². The second-order valence-electron chi connectivity index (χ2n) is 22.8. The zero-order valence-corrected chi connectivity index (χ0v) is 46.5. The molecule has 1 aliphatic rings. The van der Waals surface area contributed by atoms with E-state index in [0.29, 0.717) is 11.8 Å². The molecule has 1 aliphatic carbocycles. The minimum Gasteiger partial charge on any atom is -0.454 e. The molecule has 2 aromatic heterocycles. The van der Waals surface area contributed by atoms with E-state index in [0.717, 1.165) is 99.9 Å². The van der Waals surface area contributed by atoms with Crippen LogP contribution in [0.1, 0.15) is 84.0 Å². The van der Waals surface area contributed by atoms with Gasteiger partial charge in [-0.05, 0) is 141 Å². The van der Waals surface area contributed by atoms with Gasteiger partial charge in [-0.15, -0.1) is 0 Å². The van der Waals surface area contributed by atoms with Crippen molar-refractivity contribution in [2.45, 2.75) is 58.8 Å². The predicted molar refractivity (Wildman–Crippen MR) is 340 cm³/mol. The number of benzene rings is 12. The normalized spacial score (nSPS) is 12.9. The van der Waals surface area contributed by atoms with Crippen LogP contribution in [0.5, 0.6) is 0 Å². The van der Waals surface area contributed by atoms with Crippen LogP contribution in [-0.4, -0.2) is 0 Å². The molecule has 0 saturated heterocycles. The Balaban J connectivity index is 1.09. The summed E-state index contributed by atoms with van der Waals surface area (Å²) in [6.07, 6.45) is 0. The molecule has 0 amide bonds. The second kappa shape index (κ2) is 18.8. The van der Waals surface area contributed by atoms with E-state index in [9.17, 15) is 0 Å². The van der Waals surface area contributed by atoms with Gasteiger partial charge in [-0.3, -0.25) is 0 Å². The van der Waals surface area contributed by atoms with Crippen molar-refractivity contribution in [2.75, 3.05) is 9.80 Å². The summed E-state index contributed by atoms with van der Waals surface area (Å²) in [6.45, 7) is 13.3. The van der Waals surface area contributed by atoms with Gasteiger partial charge in [-0.1, -0.05) is 222 Å². The zero-order valence-electron chi connectivity index (χ0n) is 46.5. The molecule has 0 N–H and O–H groups in total. The number of anilines is 6. The first kappa shape index (κ1) is 48.5. The number of furan rings is 2. The van der Waals surface area contributed by atoms with Gasteiger partial charge in [0.05, 0.1) is 28.2 Å². The minimum absolute atomic E-state index is 0.372. The molecule has 0 spiro atoms. The van der Waals surface area contributed by atoms with Crippen LogP contribution in [0.2, 0.25) is 0 Å². The Bertz CT molecular complexity index is 4470. The Morgan fingerprint density at radius 3 is 1.02 bits per heavy atom. The molecule has 14 aromatic rings. The molecule has 0 unspecified atom stereocenters. The lowest BCUT2D eigenvalue weighted by atomic mass is 9.67. The molecule has 0 saturated carbocycles. The second-order valence-corrected chi connectivity index (χ2v) is 22.8. The molecule has 4 nitrogen and oxygen atoms in total. The van der Waals surface area contributed by atoms with Crippen molar-refractivity contribution in [1.29, 1.82) is 0 Å². The Morgan fingerprint density at radius 1 is 0.309 bits per heavy atom. The molecule has 4 heteroatoms. The van der Waals surface area contributed by atoms with Gasteiger partial charge < -0.3 is 18.6 Å². The first-order valence-electron chi connectivity index (χ1n) is 28.5. The van der Waals surface area contributed by atoms with Gasteiger partial charge in [0.1, 0.15) is 11.2 Å². The van der Waals surface area contributed by atoms with Crippen LogP contribution in [0.15, 0.2) is 251 Å². The lowest BCUT2D eigenvalue weighted by Crippen LogP contribution is -2.29. The van der Waals surface area contributed by atoms with E-state index in [1.807, 2.05) is 0 Å². The van der Waals surface area contributed by atoms with E-state index in [-0.39, 0.29) is 0 Å². The number of rotatable bonds is 10. The number of aryl methyl sites for hydroxylation is 2. The summed E-state index contributed by atoms with van der Waals surface area (Å²) in [5.74, 6) is 0.744. The van der Waals surface area contributed by atoms with Crippen LogP contribution in [0.4, 0.5) is 34.1 Å². The number of fused-ring (bicyclic) bond motifs is 13. The van der Waals surface area contributed by atoms with Gasteiger partial charge >= 0.3 is 0 Å². The summed E-state index contributed by atoms with van der Waals surface area (Å²) in [4.78, 5) is 4.94. The van der Waals surface area contributed by atoms with Crippen molar-refractivity contribution in [3.63, 3.8) is 0 Å². The van der Waals surface area contributed by atoms with Gasteiger partial charge in [0.25, 0.3) is 0 Å². The summed E-state index contributed by atoms with van der Waals surface area (Å²) >= 11 is 0. The molecule has 2 heterocycles. The SMILES string of the molecule is Cc1cccc2c1oc1c(N(c3ccc(C(C)C)cc3)c3cc4c(c5ccccc35)-c3c(cc(N(c5ccc(C(C)C)cc5)c5cccc6c5oc5c(C)cccc56)c5ccccc35)C4(c3ccccc3)c3ccccc3)cccc12. The van der Waals surface area contributed by atoms with Crippen LogP contribution in [0.3, 0.4) is 0 Å². The van der Waals surface area contributed by atoms with Crippen LogP contribution in [-0.2, 0) is 5.41 Å². The van der Waals surface area contributed by atoms with E-state index in [1.165, 1.54) is 55.3 Å². The van der Waals surface area contributed by atoms with Crippen molar-refractivity contribution >= 4 is 99.5 Å². The highest BCUT2D eigenvalue weighted by Crippen LogP contribution is 2.63. The van der Waals surface area contributed by atoms with E-state index >= 15 is 0 Å². The van der Waals surface area contributed by atoms with Crippen molar-refractivity contribution in [2.24, 2.45) is 0 Å². The highest BCUT2D eigenvalue weighted by atomic mass is 16.3. The van der Waals surface area contributed by atoms with E-state index in [4.69, 9.17) is 8.83 Å². The Hall–Kier alpha value is -9.64. The van der Waals surface area contributed by atoms with Gasteiger partial charge in [0, 0.05) is 43.7 Å². The summed E-state index contributed by atoms with van der Waals surface area (Å²) in [5.41, 5.74) is 21.0. The van der Waals surface area contributed by atoms with Crippen LogP contribution in [0, 0.1) is 13.8 Å². The predicted octanol–water partition coefficient (Wildman–Crippen LogP) is 22.0. The molecule has 0 aliphatic heterocycles. The molecule has 0 atom stereocenters. The quantitative estimate of drug-likeness (QED) is 0.137. The highest BCUT2D eigenvalue weighted by molar-refractivity contribution is 6.20. The van der Waals surface area contributed by atoms with E-state index in [2.05, 4.69) is 294 Å². The van der Waals surface area contributed by atoms with Crippen LogP contribution in [0.25, 0.3) is 76.5 Å². The largest absolute Gasteiger partial charge is 0.454 e. The zero-order chi connectivity index (χ0) is 54.7. The van der Waals surface area contributed by atoms with Crippen molar-refractivity contribution in [1.82, 2.24) is 0 Å². The van der Waals surface area contributed by atoms with E-state index in [1.54, 1.807) is 0 Å². The maximum absolute atomic E-state index is 7.11. The average Bonchev–Trinajstić information content (AvgIpc) is 4.31. The van der Waals surface area contributed by atoms with Gasteiger partial charge in [0.15, 0.2) is 11.2 Å². The van der Waals surface area contributed by atoms with Gasteiger partial charge in [-0.2, -0.15) is 0 Å². The molecule has 0 bridgehead atoms. The summed E-state index contributed by atoms with van der Waals surface area (Å²) in [6, 6.07) is 90.3. The van der Waals surface area contributed by atoms with Crippen molar-refractivity contribution < 1.29 is 8.83 Å². The highest BCUT2D eigenvalue weighted by Gasteiger charge is 2.49. The third-order valence-electron chi connectivity index (χ3n) is 17.5. The van der Waals surface area contributed by atoms with E-state index < -0.39 is 5.41 Å². The number of hydrogen-bond donors (Lipinski definition) is 0. The molecular weight excluding hydrogens is 985 g/mol. The fraction of sp³-hybridized carbons (Fsp3) is 0.117. The van der Waals surface area contributed by atoms with Crippen molar-refractivity contribution in [3.05, 3.63) is 287 Å². The standard InChI is InChI=1S/C77H60N2O2/c1-47(2)51-37-41-55(42-38-51)78(67-35-19-33-63-61-31-17-21-49(5)73(61)80-75(63)67)69-45-65-71(59-29-15-13-27-57(59)69)72-60-30-16-14-28-58(60)70(46-66(72)77(65,53-23-9-7-10-24-53)54-25-11-8-12-26-54)79(56-43-39-52(40-44-56)48(3)4)68-36-20-34-64-62-32-18-22-50(6)74(62)81-76(64)68/h7-48H,1-6H3. The molecule has 12 aromatic carbocycles. The van der Waals surface area contributed by atoms with Gasteiger partial charge in [-0.25, -0.2) is 0 Å². The molecular formula is C77H60N2O2. The number of nitrogens with zero attached hydrogens (tertiary/aromatic N) is 2. The summed E-state index contributed by atoms with van der Waals surface area (Å²) < 4.78 is 14.2. The lowest BCUT2D eigenvalue weighted by Gasteiger charge is -2.36. The first-order valence-corrected chi connectivity index (χ1v) is 28.5. The molecule has 81 heavy (non-hydrogen) atoms. The van der Waals surface area contributed by atoms with Crippen LogP contribution >= 0.6 is 0 Å². The fourth-order valence-corrected chi connectivity index (χ4v) is 13.6. The molecule has 390 valence electrons. The maximum atomic E-state index is 7.11. The van der Waals surface area contributed by atoms with Gasteiger partial charge in [0.2, 0.25) is 0 Å². The summed E-state index contributed by atoms with van der Waals surface area (Å²) in [5, 5.41) is 9.05. The maximum Gasteiger partial charge on any atom is 0.159 e. The summed E-state index contributed by atoms with van der Waals surface area (Å²) in [7, 11) is 0. The van der Waals surface area contributed by atoms with Crippen LogP contribution < -0.4 is 9.80 Å². The number of hydrogen-bond acceptors (Lipinski definition) is 4. The smallest absolute Gasteiger partial charge is 0.159 e. The monoisotopic (exact) mass is 1040 g/mol. The Morgan fingerprint density at radius 2 is 0.642 bits per heavy atom. The average molecular weight is 1050 g/mol. The first-order chi connectivity index (χ1) is 39.7. The third kappa shape index (κ3) is 7.29. The Kier molecular flexibility index (Phi) is 11.2. The molecule has 15 rings (SSSR count). The fourth-order valence-electron chi connectivity index (χ4n) is 13.6. The molecule has 0 radical (unpaired) electrons. The Labute approximate surface area is 472 Å².